The second-order valence-corrected chi connectivity index (χ2v) is 4.18. The van der Waals surface area contributed by atoms with Crippen LogP contribution in [0.25, 0.3) is 10.9 Å². The Morgan fingerprint density at radius 3 is 2.74 bits per heavy atom. The molecule has 0 spiro atoms. The van der Waals surface area contributed by atoms with Gasteiger partial charge in [-0.05, 0) is 19.9 Å². The summed E-state index contributed by atoms with van der Waals surface area (Å²) in [5.41, 5.74) is 1.68. The lowest BCUT2D eigenvalue weighted by Crippen LogP contribution is -2.22. The van der Waals surface area contributed by atoms with Gasteiger partial charge < -0.3 is 9.72 Å². The fraction of sp³-hybridized carbons (Fsp3) is 0.214. The summed E-state index contributed by atoms with van der Waals surface area (Å²) in [4.78, 5) is 26.8. The lowest BCUT2D eigenvalue weighted by Gasteiger charge is -2.05. The number of H-pyrrole nitrogens is 1. The Labute approximate surface area is 109 Å². The van der Waals surface area contributed by atoms with Crippen molar-refractivity contribution in [2.24, 2.45) is 0 Å². The highest BCUT2D eigenvalue weighted by molar-refractivity contribution is 6.43. The Morgan fingerprint density at radius 2 is 2.05 bits per heavy atom. The molecule has 1 aromatic heterocycles. The minimum atomic E-state index is -1.01. The number of ketones is 1. The highest BCUT2D eigenvalue weighted by Gasteiger charge is 2.25. The van der Waals surface area contributed by atoms with Crippen molar-refractivity contribution in [3.05, 3.63) is 35.5 Å². The molecule has 1 unspecified atom stereocenters. The van der Waals surface area contributed by atoms with Gasteiger partial charge in [0.2, 0.25) is 0 Å². The predicted octanol–water partition coefficient (Wildman–Crippen LogP) is 2.11. The van der Waals surface area contributed by atoms with E-state index in [2.05, 4.69) is 4.98 Å². The van der Waals surface area contributed by atoms with Crippen LogP contribution in [-0.4, -0.2) is 22.8 Å². The van der Waals surface area contributed by atoms with Crippen LogP contribution in [0.1, 0.15) is 23.0 Å². The van der Waals surface area contributed by atoms with Gasteiger partial charge in [-0.1, -0.05) is 18.2 Å². The van der Waals surface area contributed by atoms with Crippen LogP contribution in [0, 0.1) is 18.3 Å². The number of hydrogen-bond donors (Lipinski definition) is 1. The van der Waals surface area contributed by atoms with E-state index in [1.165, 1.54) is 6.92 Å². The van der Waals surface area contributed by atoms with Gasteiger partial charge in [0.15, 0.2) is 6.10 Å². The monoisotopic (exact) mass is 256 g/mol. The van der Waals surface area contributed by atoms with Crippen molar-refractivity contribution >= 4 is 22.7 Å². The standard InChI is InChI=1S/C14H12N2O3/c1-8(7-15)19-14(18)13(17)12-9(2)16-11-6-4-3-5-10(11)12/h3-6,8,16H,1-2H3. The third-order valence-electron chi connectivity index (χ3n) is 2.77. The maximum absolute atomic E-state index is 12.1. The van der Waals surface area contributed by atoms with Gasteiger partial charge >= 0.3 is 5.97 Å². The number of carbonyl (C=O) groups excluding carboxylic acids is 2. The molecule has 1 aromatic carbocycles. The van der Waals surface area contributed by atoms with Crippen LogP contribution in [-0.2, 0) is 9.53 Å². The van der Waals surface area contributed by atoms with E-state index >= 15 is 0 Å². The van der Waals surface area contributed by atoms with Crippen LogP contribution < -0.4 is 0 Å². The van der Waals surface area contributed by atoms with Crippen LogP contribution in [0.4, 0.5) is 0 Å². The summed E-state index contributed by atoms with van der Waals surface area (Å²) in [6.07, 6.45) is -0.943. The lowest BCUT2D eigenvalue weighted by molar-refractivity contribution is -0.140. The summed E-state index contributed by atoms with van der Waals surface area (Å²) in [6, 6.07) is 8.95. The quantitative estimate of drug-likeness (QED) is 0.518. The molecule has 0 saturated heterocycles. The van der Waals surface area contributed by atoms with E-state index in [1.807, 2.05) is 12.1 Å². The fourth-order valence-corrected chi connectivity index (χ4v) is 1.91. The van der Waals surface area contributed by atoms with Crippen molar-refractivity contribution in [3.63, 3.8) is 0 Å². The Morgan fingerprint density at radius 1 is 1.37 bits per heavy atom. The first-order chi connectivity index (χ1) is 9.04. The first-order valence-corrected chi connectivity index (χ1v) is 5.77. The summed E-state index contributed by atoms with van der Waals surface area (Å²) in [5, 5.41) is 9.25. The van der Waals surface area contributed by atoms with Crippen molar-refractivity contribution in [1.82, 2.24) is 4.98 Å². The number of aromatic nitrogens is 1. The first kappa shape index (κ1) is 12.8. The molecule has 0 bridgehead atoms. The van der Waals surface area contributed by atoms with Crippen LogP contribution in [0.15, 0.2) is 24.3 Å². The number of nitrogens with zero attached hydrogens (tertiary/aromatic N) is 1. The number of aryl methyl sites for hydroxylation is 1. The second kappa shape index (κ2) is 4.94. The molecular weight excluding hydrogens is 244 g/mol. The predicted molar refractivity (Wildman–Crippen MR) is 68.5 cm³/mol. The summed E-state index contributed by atoms with van der Waals surface area (Å²) < 4.78 is 4.73. The number of para-hydroxylation sites is 1. The SMILES string of the molecule is Cc1[nH]c2ccccc2c1C(=O)C(=O)OC(C)C#N. The molecule has 1 heterocycles. The molecule has 2 rings (SSSR count). The molecule has 0 amide bonds. The molecule has 5 heteroatoms. The fourth-order valence-electron chi connectivity index (χ4n) is 1.91. The van der Waals surface area contributed by atoms with Gasteiger partial charge in [0.05, 0.1) is 5.56 Å². The third-order valence-corrected chi connectivity index (χ3v) is 2.77. The highest BCUT2D eigenvalue weighted by atomic mass is 16.5. The van der Waals surface area contributed by atoms with E-state index in [1.54, 1.807) is 25.1 Å². The zero-order chi connectivity index (χ0) is 14.0. The molecule has 0 aliphatic rings. The number of aromatic amines is 1. The number of esters is 1. The van der Waals surface area contributed by atoms with E-state index < -0.39 is 17.9 Å². The third kappa shape index (κ3) is 2.33. The lowest BCUT2D eigenvalue weighted by atomic mass is 10.1. The summed E-state index contributed by atoms with van der Waals surface area (Å²) in [6.45, 7) is 3.13. The molecule has 5 nitrogen and oxygen atoms in total. The topological polar surface area (TPSA) is 82.9 Å². The van der Waals surface area contributed by atoms with Crippen LogP contribution in [0.2, 0.25) is 0 Å². The number of Topliss-reactive ketones (excluding diaryl/α,β-unsaturated/α-hetero) is 1. The van der Waals surface area contributed by atoms with Crippen molar-refractivity contribution in [1.29, 1.82) is 5.26 Å². The van der Waals surface area contributed by atoms with Gasteiger partial charge in [0, 0.05) is 16.6 Å². The Kier molecular flexibility index (Phi) is 3.34. The molecule has 0 fully saturated rings. The Balaban J connectivity index is 2.39. The molecule has 19 heavy (non-hydrogen) atoms. The second-order valence-electron chi connectivity index (χ2n) is 4.18. The Hall–Kier alpha value is -2.61. The van der Waals surface area contributed by atoms with Crippen LogP contribution >= 0.6 is 0 Å². The number of nitrogens with one attached hydrogen (secondary N) is 1. The maximum Gasteiger partial charge on any atom is 0.381 e. The van der Waals surface area contributed by atoms with Crippen molar-refractivity contribution in [2.45, 2.75) is 20.0 Å². The first-order valence-electron chi connectivity index (χ1n) is 5.77. The highest BCUT2D eigenvalue weighted by Crippen LogP contribution is 2.22. The summed E-state index contributed by atoms with van der Waals surface area (Å²) in [7, 11) is 0. The number of benzene rings is 1. The van der Waals surface area contributed by atoms with Gasteiger partial charge in [0.1, 0.15) is 6.07 Å². The van der Waals surface area contributed by atoms with Crippen LogP contribution in [0.3, 0.4) is 0 Å². The number of ether oxygens (including phenoxy) is 1. The van der Waals surface area contributed by atoms with Crippen molar-refractivity contribution in [2.75, 3.05) is 0 Å². The summed E-state index contributed by atoms with van der Waals surface area (Å²) >= 11 is 0. The average Bonchev–Trinajstić information content (AvgIpc) is 2.73. The molecule has 0 aliphatic carbocycles. The van der Waals surface area contributed by atoms with Gasteiger partial charge in [-0.15, -0.1) is 0 Å². The molecule has 1 atom stereocenters. The minimum Gasteiger partial charge on any atom is -0.441 e. The zero-order valence-electron chi connectivity index (χ0n) is 10.6. The summed E-state index contributed by atoms with van der Waals surface area (Å²) in [5.74, 6) is -1.75. The minimum absolute atomic E-state index is 0.297. The molecular formula is C14H12N2O3. The number of rotatable bonds is 3. The van der Waals surface area contributed by atoms with Gasteiger partial charge in [-0.3, -0.25) is 4.79 Å². The van der Waals surface area contributed by atoms with Crippen molar-refractivity contribution < 1.29 is 14.3 Å². The number of hydrogen-bond acceptors (Lipinski definition) is 4. The number of nitriles is 1. The zero-order valence-corrected chi connectivity index (χ0v) is 10.6. The molecule has 0 aliphatic heterocycles. The normalized spacial score (nSPS) is 11.8. The maximum atomic E-state index is 12.1. The van der Waals surface area contributed by atoms with Crippen molar-refractivity contribution in [3.8, 4) is 6.07 Å². The van der Waals surface area contributed by atoms with E-state index in [9.17, 15) is 9.59 Å². The van der Waals surface area contributed by atoms with Gasteiger partial charge in [0.25, 0.3) is 5.78 Å². The van der Waals surface area contributed by atoms with E-state index in [-0.39, 0.29) is 0 Å². The molecule has 1 N–H and O–H groups in total. The molecule has 96 valence electrons. The Bertz CT molecular complexity index is 694. The van der Waals surface area contributed by atoms with Gasteiger partial charge in [-0.2, -0.15) is 5.26 Å². The largest absolute Gasteiger partial charge is 0.441 e. The van der Waals surface area contributed by atoms with E-state index in [0.29, 0.717) is 16.6 Å². The molecule has 0 saturated carbocycles. The number of fused-ring (bicyclic) bond motifs is 1. The smallest absolute Gasteiger partial charge is 0.381 e. The molecule has 2 aromatic rings. The van der Waals surface area contributed by atoms with Gasteiger partial charge in [-0.25, -0.2) is 4.79 Å². The van der Waals surface area contributed by atoms with E-state index in [4.69, 9.17) is 10.00 Å². The van der Waals surface area contributed by atoms with E-state index in [0.717, 1.165) is 5.52 Å². The van der Waals surface area contributed by atoms with Crippen LogP contribution in [0.5, 0.6) is 0 Å². The average molecular weight is 256 g/mol. The molecule has 0 radical (unpaired) electrons. The number of carbonyl (C=O) groups is 2.